The van der Waals surface area contributed by atoms with Gasteiger partial charge in [-0.2, -0.15) is 0 Å². The van der Waals surface area contributed by atoms with Crippen LogP contribution in [0, 0.1) is 5.92 Å². The predicted octanol–water partition coefficient (Wildman–Crippen LogP) is 24.8. The summed E-state index contributed by atoms with van der Waals surface area (Å²) in [6.07, 6.45) is 66.4. The number of phosphoric ester groups is 2. The first-order valence-electron chi connectivity index (χ1n) is 42.7. The van der Waals surface area contributed by atoms with E-state index in [1.54, 1.807) is 0 Å². The highest BCUT2D eigenvalue weighted by Gasteiger charge is 2.30. The third-order valence-electron chi connectivity index (χ3n) is 19.6. The summed E-state index contributed by atoms with van der Waals surface area (Å²) >= 11 is 0. The fourth-order valence-electron chi connectivity index (χ4n) is 12.7. The number of carbonyl (C=O) groups excluding carboxylic acids is 4. The Labute approximate surface area is 619 Å². The lowest BCUT2D eigenvalue weighted by Crippen LogP contribution is -2.30. The summed E-state index contributed by atoms with van der Waals surface area (Å²) in [5, 5.41) is 10.7. The molecule has 0 saturated heterocycles. The van der Waals surface area contributed by atoms with Gasteiger partial charge in [0.25, 0.3) is 0 Å². The molecule has 0 fully saturated rings. The molecule has 3 unspecified atom stereocenters. The quantitative estimate of drug-likeness (QED) is 0.0222. The highest BCUT2D eigenvalue weighted by Crippen LogP contribution is 2.45. The van der Waals surface area contributed by atoms with E-state index in [0.717, 1.165) is 95.8 Å². The molecule has 0 aliphatic heterocycles. The predicted molar refractivity (Wildman–Crippen MR) is 414 cm³/mol. The van der Waals surface area contributed by atoms with Crippen molar-refractivity contribution in [1.29, 1.82) is 0 Å². The van der Waals surface area contributed by atoms with Gasteiger partial charge >= 0.3 is 39.5 Å². The van der Waals surface area contributed by atoms with Crippen LogP contribution in [0.5, 0.6) is 0 Å². The van der Waals surface area contributed by atoms with Crippen LogP contribution in [0.4, 0.5) is 0 Å². The Kier molecular flexibility index (Phi) is 73.5. The summed E-state index contributed by atoms with van der Waals surface area (Å²) in [6, 6.07) is 0. The fraction of sp³-hybridized carbons (Fsp3) is 0.951. The van der Waals surface area contributed by atoms with E-state index in [0.29, 0.717) is 25.7 Å². The Morgan fingerprint density at radius 3 is 0.703 bits per heavy atom. The SMILES string of the molecule is CCCCCCCCCCCCCCCCCCCCCC(=O)O[C@H](COC(=O)CCCCCCCCCCCCCCCCC)COP(=O)(O)OC[C@@H](O)COP(=O)(O)OC[C@@H](COC(=O)CCCCCCCCCCC(C)CC)OC(=O)CCCCCCCCCCCCCCCCC. The number of phosphoric acid groups is 2. The van der Waals surface area contributed by atoms with Gasteiger partial charge in [0.15, 0.2) is 12.2 Å². The third-order valence-corrected chi connectivity index (χ3v) is 21.5. The van der Waals surface area contributed by atoms with Gasteiger partial charge in [-0.15, -0.1) is 0 Å². The highest BCUT2D eigenvalue weighted by molar-refractivity contribution is 7.47. The summed E-state index contributed by atoms with van der Waals surface area (Å²) in [5.41, 5.74) is 0. The summed E-state index contributed by atoms with van der Waals surface area (Å²) < 4.78 is 68.8. The largest absolute Gasteiger partial charge is 0.472 e. The standard InChI is InChI=1S/C82H160O17P2/c1-6-10-13-16-19-22-25-28-31-32-33-34-37-40-43-46-53-58-63-68-81(86)98-77(71-92-79(84)65-60-55-50-44-41-38-35-29-26-23-20-17-14-11-7-2)73-96-100(88,89)94-69-76(83)70-95-101(90,91)97-74-78(72-93-80(85)66-61-56-51-48-47-49-54-59-64-75(5)9-4)99-82(87)67-62-57-52-45-42-39-36-30-27-24-21-18-15-12-8-3/h75-78,83H,6-74H2,1-5H3,(H,88,89)(H,90,91)/t75?,76-,77-,78-/m1/s1. The zero-order valence-electron chi connectivity index (χ0n) is 66.1. The lowest BCUT2D eigenvalue weighted by Gasteiger charge is -2.21. The molecule has 17 nitrogen and oxygen atoms in total. The summed E-state index contributed by atoms with van der Waals surface area (Å²) in [5.74, 6) is -1.33. The zero-order valence-corrected chi connectivity index (χ0v) is 67.8. The molecule has 101 heavy (non-hydrogen) atoms. The molecule has 0 aromatic carbocycles. The topological polar surface area (TPSA) is 237 Å². The summed E-state index contributed by atoms with van der Waals surface area (Å²) in [6.45, 7) is 7.35. The molecule has 0 saturated carbocycles. The van der Waals surface area contributed by atoms with Crippen LogP contribution >= 0.6 is 15.6 Å². The van der Waals surface area contributed by atoms with Crippen molar-refractivity contribution < 1.29 is 80.2 Å². The maximum Gasteiger partial charge on any atom is 0.472 e. The average Bonchev–Trinajstić information content (AvgIpc) is 1.07. The molecular formula is C82H160O17P2. The van der Waals surface area contributed by atoms with Gasteiger partial charge in [0, 0.05) is 25.7 Å². The van der Waals surface area contributed by atoms with Gasteiger partial charge in [0.05, 0.1) is 26.4 Å². The zero-order chi connectivity index (χ0) is 74.1. The Hall–Kier alpha value is -1.94. The minimum absolute atomic E-state index is 0.108. The van der Waals surface area contributed by atoms with Crippen LogP contribution in [-0.2, 0) is 65.4 Å². The molecule has 0 amide bonds. The number of rotatable bonds is 82. The number of esters is 4. The van der Waals surface area contributed by atoms with Crippen LogP contribution in [0.1, 0.15) is 439 Å². The number of unbranched alkanes of at least 4 members (excludes halogenated alkanes) is 53. The molecule has 6 atom stereocenters. The van der Waals surface area contributed by atoms with E-state index in [1.165, 1.54) is 263 Å². The van der Waals surface area contributed by atoms with Crippen molar-refractivity contribution in [2.75, 3.05) is 39.6 Å². The van der Waals surface area contributed by atoms with Gasteiger partial charge in [-0.25, -0.2) is 9.13 Å². The normalized spacial score (nSPS) is 14.1. The van der Waals surface area contributed by atoms with Gasteiger partial charge in [-0.05, 0) is 31.6 Å². The lowest BCUT2D eigenvalue weighted by atomic mass is 9.99. The van der Waals surface area contributed by atoms with E-state index >= 15 is 0 Å². The number of aliphatic hydroxyl groups excluding tert-OH is 1. The molecule has 0 aromatic heterocycles. The number of hydrogen-bond donors (Lipinski definition) is 3. The van der Waals surface area contributed by atoms with Crippen LogP contribution in [0.15, 0.2) is 0 Å². The van der Waals surface area contributed by atoms with E-state index < -0.39 is 97.5 Å². The Balaban J connectivity index is 5.26. The molecule has 3 N–H and O–H groups in total. The molecule has 0 heterocycles. The molecular weight excluding hydrogens is 1320 g/mol. The smallest absolute Gasteiger partial charge is 0.462 e. The molecule has 19 heteroatoms. The Morgan fingerprint density at radius 2 is 0.475 bits per heavy atom. The molecule has 0 bridgehead atoms. The van der Waals surface area contributed by atoms with Gasteiger partial charge in [-0.1, -0.05) is 388 Å². The first-order chi connectivity index (χ1) is 49.1. The van der Waals surface area contributed by atoms with E-state index in [-0.39, 0.29) is 25.7 Å². The molecule has 0 aliphatic carbocycles. The van der Waals surface area contributed by atoms with E-state index in [1.807, 2.05) is 0 Å². The molecule has 0 aliphatic rings. The van der Waals surface area contributed by atoms with E-state index in [4.69, 9.17) is 37.0 Å². The van der Waals surface area contributed by atoms with Crippen molar-refractivity contribution >= 4 is 39.5 Å². The first-order valence-corrected chi connectivity index (χ1v) is 45.7. The molecule has 0 radical (unpaired) electrons. The van der Waals surface area contributed by atoms with Crippen molar-refractivity contribution in [2.45, 2.75) is 457 Å². The van der Waals surface area contributed by atoms with Crippen LogP contribution < -0.4 is 0 Å². The van der Waals surface area contributed by atoms with Crippen LogP contribution in [-0.4, -0.2) is 96.7 Å². The van der Waals surface area contributed by atoms with Crippen molar-refractivity contribution in [3.8, 4) is 0 Å². The average molecular weight is 1480 g/mol. The van der Waals surface area contributed by atoms with E-state index in [9.17, 15) is 43.2 Å². The van der Waals surface area contributed by atoms with Crippen molar-refractivity contribution in [3.05, 3.63) is 0 Å². The van der Waals surface area contributed by atoms with Crippen LogP contribution in [0.25, 0.3) is 0 Å². The Morgan fingerprint density at radius 1 is 0.277 bits per heavy atom. The molecule has 0 aromatic rings. The van der Waals surface area contributed by atoms with Crippen molar-refractivity contribution in [3.63, 3.8) is 0 Å². The first kappa shape index (κ1) is 99.1. The number of hydrogen-bond acceptors (Lipinski definition) is 15. The molecule has 0 rings (SSSR count). The number of aliphatic hydroxyl groups is 1. The number of carbonyl (C=O) groups is 4. The minimum Gasteiger partial charge on any atom is -0.462 e. The third kappa shape index (κ3) is 74.7. The molecule has 0 spiro atoms. The van der Waals surface area contributed by atoms with Crippen LogP contribution in [0.3, 0.4) is 0 Å². The van der Waals surface area contributed by atoms with Gasteiger partial charge in [0.1, 0.15) is 19.3 Å². The van der Waals surface area contributed by atoms with Crippen molar-refractivity contribution in [1.82, 2.24) is 0 Å². The van der Waals surface area contributed by atoms with Gasteiger partial charge in [0.2, 0.25) is 0 Å². The second-order valence-corrected chi connectivity index (χ2v) is 32.7. The maximum atomic E-state index is 13.1. The Bertz CT molecular complexity index is 1930. The highest BCUT2D eigenvalue weighted by atomic mass is 31.2. The monoisotopic (exact) mass is 1480 g/mol. The molecule has 600 valence electrons. The second kappa shape index (κ2) is 74.9. The van der Waals surface area contributed by atoms with E-state index in [2.05, 4.69) is 34.6 Å². The van der Waals surface area contributed by atoms with Crippen molar-refractivity contribution in [2.24, 2.45) is 5.92 Å². The lowest BCUT2D eigenvalue weighted by molar-refractivity contribution is -0.161. The van der Waals surface area contributed by atoms with Crippen LogP contribution in [0.2, 0.25) is 0 Å². The van der Waals surface area contributed by atoms with Gasteiger partial charge < -0.3 is 33.8 Å². The maximum absolute atomic E-state index is 13.1. The summed E-state index contributed by atoms with van der Waals surface area (Å²) in [7, 11) is -9.92. The van der Waals surface area contributed by atoms with Gasteiger partial charge in [-0.3, -0.25) is 37.3 Å². The fourth-order valence-corrected chi connectivity index (χ4v) is 14.3. The number of ether oxygens (including phenoxy) is 4. The minimum atomic E-state index is -4.96. The summed E-state index contributed by atoms with van der Waals surface area (Å²) in [4.78, 5) is 73.1. The second-order valence-electron chi connectivity index (χ2n) is 29.8.